The maximum Gasteiger partial charge on any atom is 0.262 e. The van der Waals surface area contributed by atoms with Gasteiger partial charge in [0.25, 0.3) is 11.8 Å². The van der Waals surface area contributed by atoms with Gasteiger partial charge in [-0.05, 0) is 32.4 Å². The molecule has 3 heterocycles. The molecule has 4 aromatic rings. The van der Waals surface area contributed by atoms with Crippen molar-refractivity contribution < 1.29 is 9.59 Å². The molecule has 1 aliphatic heterocycles. The number of fused-ring (bicyclic) bond motifs is 2. The Morgan fingerprint density at radius 1 is 0.742 bits per heavy atom. The summed E-state index contributed by atoms with van der Waals surface area (Å²) >= 11 is 3.36. The molecule has 0 spiro atoms. The fraction of sp³-hybridized carbons (Fsp3) is 0.231. The minimum absolute atomic E-state index is 0.158. The predicted molar refractivity (Wildman–Crippen MR) is 132 cm³/mol. The summed E-state index contributed by atoms with van der Waals surface area (Å²) in [6.07, 6.45) is 1.74. The Morgan fingerprint density at radius 2 is 1.19 bits per heavy atom. The van der Waals surface area contributed by atoms with Crippen LogP contribution in [0.2, 0.25) is 0 Å². The number of rotatable bonds is 5. The maximum atomic E-state index is 13.7. The van der Waals surface area contributed by atoms with E-state index < -0.39 is 0 Å². The number of unbranched alkanes of at least 4 members (excludes halogenated alkanes) is 1. The molecule has 0 aliphatic carbocycles. The Bertz CT molecular complexity index is 1290. The van der Waals surface area contributed by atoms with Gasteiger partial charge in [0, 0.05) is 47.6 Å². The van der Waals surface area contributed by atoms with Crippen LogP contribution in [-0.2, 0) is 9.59 Å². The van der Waals surface area contributed by atoms with Gasteiger partial charge >= 0.3 is 0 Å². The minimum Gasteiger partial charge on any atom is -0.274 e. The molecule has 0 unspecified atom stereocenters. The van der Waals surface area contributed by atoms with E-state index in [-0.39, 0.29) is 11.8 Å². The smallest absolute Gasteiger partial charge is 0.262 e. The standard InChI is InChI=1S/C26H23NO2S2/c1-4-5-14-27-25(28)23(21-15(2)30-19-12-8-6-10-17(19)21)24(26(27)29)22-16(3)31-20-13-9-7-11-18(20)22/h6-13H,4-5,14H2,1-3H3. The van der Waals surface area contributed by atoms with E-state index in [1.807, 2.05) is 24.3 Å². The second kappa shape index (κ2) is 7.74. The van der Waals surface area contributed by atoms with Gasteiger partial charge in [-0.1, -0.05) is 49.7 Å². The van der Waals surface area contributed by atoms with Crippen molar-refractivity contribution in [2.24, 2.45) is 0 Å². The SMILES string of the molecule is CCCCN1C(=O)C(c2c(C)sc3ccccc23)=C(c2c(C)sc3ccccc23)C1=O. The number of benzene rings is 2. The molecule has 0 radical (unpaired) electrons. The largest absolute Gasteiger partial charge is 0.274 e. The van der Waals surface area contributed by atoms with Gasteiger partial charge in [-0.2, -0.15) is 0 Å². The van der Waals surface area contributed by atoms with Crippen molar-refractivity contribution in [1.82, 2.24) is 4.90 Å². The summed E-state index contributed by atoms with van der Waals surface area (Å²) in [5.41, 5.74) is 2.98. The first-order valence-corrected chi connectivity index (χ1v) is 12.2. The third kappa shape index (κ3) is 3.07. The lowest BCUT2D eigenvalue weighted by Crippen LogP contribution is -2.32. The summed E-state index contributed by atoms with van der Waals surface area (Å²) in [5.74, 6) is -0.315. The second-order valence-electron chi connectivity index (χ2n) is 7.92. The zero-order valence-corrected chi connectivity index (χ0v) is 19.5. The zero-order chi connectivity index (χ0) is 21.7. The van der Waals surface area contributed by atoms with Gasteiger partial charge in [0.2, 0.25) is 0 Å². The highest BCUT2D eigenvalue weighted by molar-refractivity contribution is 7.20. The molecule has 0 N–H and O–H groups in total. The highest BCUT2D eigenvalue weighted by Crippen LogP contribution is 2.46. The van der Waals surface area contributed by atoms with Crippen molar-refractivity contribution in [2.75, 3.05) is 6.54 Å². The molecule has 2 aromatic heterocycles. The highest BCUT2D eigenvalue weighted by Gasteiger charge is 2.41. The van der Waals surface area contributed by atoms with Crippen LogP contribution in [0, 0.1) is 13.8 Å². The van der Waals surface area contributed by atoms with E-state index in [9.17, 15) is 9.59 Å². The molecule has 31 heavy (non-hydrogen) atoms. The van der Waals surface area contributed by atoms with Crippen molar-refractivity contribution in [3.05, 3.63) is 69.4 Å². The van der Waals surface area contributed by atoms with E-state index in [2.05, 4.69) is 45.0 Å². The average molecular weight is 446 g/mol. The molecule has 0 atom stereocenters. The normalized spacial score (nSPS) is 14.6. The van der Waals surface area contributed by atoms with E-state index in [4.69, 9.17) is 0 Å². The van der Waals surface area contributed by atoms with Gasteiger partial charge in [-0.3, -0.25) is 14.5 Å². The van der Waals surface area contributed by atoms with Gasteiger partial charge in [-0.25, -0.2) is 0 Å². The number of carbonyl (C=O) groups is 2. The second-order valence-corrected chi connectivity index (χ2v) is 10.4. The number of amides is 2. The van der Waals surface area contributed by atoms with Gasteiger partial charge < -0.3 is 0 Å². The van der Waals surface area contributed by atoms with Crippen LogP contribution in [0.3, 0.4) is 0 Å². The minimum atomic E-state index is -0.158. The van der Waals surface area contributed by atoms with Crippen LogP contribution in [0.5, 0.6) is 0 Å². The highest BCUT2D eigenvalue weighted by atomic mass is 32.1. The molecule has 1 aliphatic rings. The van der Waals surface area contributed by atoms with Crippen molar-refractivity contribution in [3.63, 3.8) is 0 Å². The van der Waals surface area contributed by atoms with Crippen LogP contribution >= 0.6 is 22.7 Å². The summed E-state index contributed by atoms with van der Waals surface area (Å²) in [7, 11) is 0. The zero-order valence-electron chi connectivity index (χ0n) is 17.8. The van der Waals surface area contributed by atoms with E-state index in [0.29, 0.717) is 17.7 Å². The molecule has 0 saturated heterocycles. The molecule has 5 rings (SSSR count). The Labute approximate surface area is 189 Å². The number of carbonyl (C=O) groups excluding carboxylic acids is 2. The molecule has 0 fully saturated rings. The van der Waals surface area contributed by atoms with Crippen molar-refractivity contribution >= 4 is 65.8 Å². The number of hydrogen-bond donors (Lipinski definition) is 0. The Hall–Kier alpha value is -2.76. The van der Waals surface area contributed by atoms with E-state index >= 15 is 0 Å². The molecule has 0 bridgehead atoms. The lowest BCUT2D eigenvalue weighted by atomic mass is 9.93. The van der Waals surface area contributed by atoms with Gasteiger partial charge in [-0.15, -0.1) is 22.7 Å². The first-order valence-electron chi connectivity index (χ1n) is 10.6. The van der Waals surface area contributed by atoms with Crippen LogP contribution in [0.1, 0.15) is 40.6 Å². The van der Waals surface area contributed by atoms with Crippen LogP contribution in [0.25, 0.3) is 31.3 Å². The van der Waals surface area contributed by atoms with Gasteiger partial charge in [0.15, 0.2) is 0 Å². The predicted octanol–water partition coefficient (Wildman–Crippen LogP) is 6.81. The number of nitrogens with zero attached hydrogens (tertiary/aromatic N) is 1. The number of thiophene rings is 2. The summed E-state index contributed by atoms with van der Waals surface area (Å²) in [6, 6.07) is 16.3. The van der Waals surface area contributed by atoms with Crippen molar-refractivity contribution in [3.8, 4) is 0 Å². The average Bonchev–Trinajstić information content (AvgIpc) is 3.34. The molecule has 0 saturated carbocycles. The van der Waals surface area contributed by atoms with Gasteiger partial charge in [0.1, 0.15) is 0 Å². The third-order valence-corrected chi connectivity index (χ3v) is 8.12. The fourth-order valence-electron chi connectivity index (χ4n) is 4.52. The van der Waals surface area contributed by atoms with Crippen LogP contribution < -0.4 is 0 Å². The van der Waals surface area contributed by atoms with Crippen molar-refractivity contribution in [1.29, 1.82) is 0 Å². The Morgan fingerprint density at radius 3 is 1.65 bits per heavy atom. The fourth-order valence-corrected chi connectivity index (χ4v) is 6.66. The van der Waals surface area contributed by atoms with E-state index in [1.54, 1.807) is 22.7 Å². The topological polar surface area (TPSA) is 37.4 Å². The monoisotopic (exact) mass is 445 g/mol. The number of imide groups is 1. The Balaban J connectivity index is 1.85. The van der Waals surface area contributed by atoms with Crippen molar-refractivity contribution in [2.45, 2.75) is 33.6 Å². The number of aryl methyl sites for hydroxylation is 2. The van der Waals surface area contributed by atoms with Crippen LogP contribution in [-0.4, -0.2) is 23.3 Å². The lowest BCUT2D eigenvalue weighted by molar-refractivity contribution is -0.136. The Kier molecular flexibility index (Phi) is 5.03. The summed E-state index contributed by atoms with van der Waals surface area (Å²) in [5, 5.41) is 2.10. The third-order valence-electron chi connectivity index (χ3n) is 5.95. The summed E-state index contributed by atoms with van der Waals surface area (Å²) < 4.78 is 2.28. The van der Waals surface area contributed by atoms with Crippen LogP contribution in [0.15, 0.2) is 48.5 Å². The van der Waals surface area contributed by atoms with E-state index in [0.717, 1.165) is 53.9 Å². The summed E-state index contributed by atoms with van der Waals surface area (Å²) in [6.45, 7) is 6.64. The maximum absolute atomic E-state index is 13.7. The molecule has 2 amide bonds. The lowest BCUT2D eigenvalue weighted by Gasteiger charge is -2.14. The number of hydrogen-bond acceptors (Lipinski definition) is 4. The molecular weight excluding hydrogens is 422 g/mol. The molecule has 156 valence electrons. The van der Waals surface area contributed by atoms with Gasteiger partial charge in [0.05, 0.1) is 11.1 Å². The molecule has 5 heteroatoms. The summed E-state index contributed by atoms with van der Waals surface area (Å²) in [4.78, 5) is 31.1. The van der Waals surface area contributed by atoms with Crippen LogP contribution in [0.4, 0.5) is 0 Å². The van der Waals surface area contributed by atoms with E-state index in [1.165, 1.54) is 4.90 Å². The molecule has 3 nitrogen and oxygen atoms in total. The first kappa shape index (κ1) is 20.2. The quantitative estimate of drug-likeness (QED) is 0.316. The first-order chi connectivity index (χ1) is 15.0. The molecular formula is C26H23NO2S2. The molecule has 2 aromatic carbocycles.